The van der Waals surface area contributed by atoms with E-state index in [4.69, 9.17) is 21.6 Å². The lowest BCUT2D eigenvalue weighted by Crippen LogP contribution is -2.40. The summed E-state index contributed by atoms with van der Waals surface area (Å²) in [4.78, 5) is 27.4. The van der Waals surface area contributed by atoms with Gasteiger partial charge in [0.15, 0.2) is 5.69 Å². The largest absolute Gasteiger partial charge is 0.476 e. The molecular formula is C26H27ClF2N6O2. The van der Waals surface area contributed by atoms with Crippen LogP contribution in [0.4, 0.5) is 20.4 Å². The van der Waals surface area contributed by atoms with Crippen molar-refractivity contribution in [2.75, 3.05) is 23.3 Å². The number of carboxylic acid groups (broad SMARTS) is 1. The van der Waals surface area contributed by atoms with Crippen LogP contribution in [0.15, 0.2) is 30.5 Å². The van der Waals surface area contributed by atoms with E-state index >= 15 is 0 Å². The van der Waals surface area contributed by atoms with Gasteiger partial charge in [-0.25, -0.2) is 28.5 Å². The van der Waals surface area contributed by atoms with E-state index in [1.54, 1.807) is 6.07 Å². The van der Waals surface area contributed by atoms with Crippen molar-refractivity contribution < 1.29 is 18.7 Å². The number of rotatable bonds is 6. The Balaban J connectivity index is 1.66. The number of carbonyl (C=O) groups is 1. The van der Waals surface area contributed by atoms with Crippen molar-refractivity contribution >= 4 is 45.8 Å². The number of carboxylic acids is 1. The highest BCUT2D eigenvalue weighted by Crippen LogP contribution is 2.35. The summed E-state index contributed by atoms with van der Waals surface area (Å²) in [6, 6.07) is 6.75. The fourth-order valence-corrected chi connectivity index (χ4v) is 4.96. The number of anilines is 2. The number of pyridine rings is 1. The van der Waals surface area contributed by atoms with Gasteiger partial charge in [0.2, 0.25) is 5.95 Å². The number of aromatic carboxylic acids is 1. The summed E-state index contributed by atoms with van der Waals surface area (Å²) in [5, 5.41) is 13.8. The van der Waals surface area contributed by atoms with Crippen molar-refractivity contribution in [1.82, 2.24) is 19.4 Å². The second kappa shape index (κ2) is 9.41. The monoisotopic (exact) mass is 528 g/mol. The van der Waals surface area contributed by atoms with E-state index in [1.807, 2.05) is 48.4 Å². The van der Waals surface area contributed by atoms with Crippen LogP contribution in [0.3, 0.4) is 0 Å². The highest BCUT2D eigenvalue weighted by Gasteiger charge is 2.35. The van der Waals surface area contributed by atoms with Crippen molar-refractivity contribution in [2.45, 2.75) is 52.0 Å². The summed E-state index contributed by atoms with van der Waals surface area (Å²) in [6.07, 6.45) is 2.18. The van der Waals surface area contributed by atoms with E-state index < -0.39 is 11.9 Å². The van der Waals surface area contributed by atoms with Gasteiger partial charge in [0.1, 0.15) is 10.8 Å². The Morgan fingerprint density at radius 3 is 2.62 bits per heavy atom. The zero-order chi connectivity index (χ0) is 26.5. The molecule has 0 bridgehead atoms. The molecule has 37 heavy (non-hydrogen) atoms. The molecule has 1 saturated heterocycles. The average molecular weight is 529 g/mol. The van der Waals surface area contributed by atoms with Crippen LogP contribution in [0.1, 0.15) is 60.0 Å². The SMILES string of the molecule is CCc1cn2c(N3CCC(F)(F)CC3)nc3c(C(C)Nc4ccc(Cl)nc4C(=O)O)cc(C)cc3c2n1. The first-order valence-electron chi connectivity index (χ1n) is 12.2. The summed E-state index contributed by atoms with van der Waals surface area (Å²) >= 11 is 5.92. The predicted molar refractivity (Wildman–Crippen MR) is 139 cm³/mol. The number of aryl methyl sites for hydroxylation is 2. The number of nitrogens with zero attached hydrogens (tertiary/aromatic N) is 5. The third-order valence-electron chi connectivity index (χ3n) is 6.75. The Kier molecular flexibility index (Phi) is 6.39. The standard InChI is InChI=1S/C26H27ClF2N6O2/c1-4-16-13-35-23(31-16)18-12-14(2)11-17(15(3)30-19-5-6-20(27)32-22(19)24(36)37)21(18)33-25(35)34-9-7-26(28,29)8-10-34/h5-6,11-13,15,30H,4,7-10H2,1-3H3,(H,36,37). The Morgan fingerprint density at radius 1 is 1.22 bits per heavy atom. The number of aromatic nitrogens is 4. The molecule has 5 rings (SSSR count). The van der Waals surface area contributed by atoms with Gasteiger partial charge in [-0.1, -0.05) is 24.6 Å². The fourth-order valence-electron chi connectivity index (χ4n) is 4.81. The van der Waals surface area contributed by atoms with Crippen LogP contribution >= 0.6 is 11.6 Å². The minimum Gasteiger partial charge on any atom is -0.476 e. The Bertz CT molecular complexity index is 1510. The number of hydrogen-bond acceptors (Lipinski definition) is 6. The number of nitrogens with one attached hydrogen (secondary N) is 1. The summed E-state index contributed by atoms with van der Waals surface area (Å²) in [7, 11) is 0. The molecule has 0 saturated carbocycles. The smallest absolute Gasteiger partial charge is 0.356 e. The van der Waals surface area contributed by atoms with E-state index in [1.165, 1.54) is 6.07 Å². The van der Waals surface area contributed by atoms with Crippen LogP contribution in [0.2, 0.25) is 5.15 Å². The lowest BCUT2D eigenvalue weighted by Gasteiger charge is -2.33. The Hall–Kier alpha value is -3.53. The molecule has 0 aliphatic carbocycles. The Morgan fingerprint density at radius 2 is 1.95 bits per heavy atom. The van der Waals surface area contributed by atoms with E-state index in [9.17, 15) is 18.7 Å². The van der Waals surface area contributed by atoms with Crippen LogP contribution in [0.25, 0.3) is 16.6 Å². The van der Waals surface area contributed by atoms with Gasteiger partial charge in [-0.3, -0.25) is 4.40 Å². The fraction of sp³-hybridized carbons (Fsp3) is 0.385. The molecule has 0 radical (unpaired) electrons. The summed E-state index contributed by atoms with van der Waals surface area (Å²) < 4.78 is 29.8. The van der Waals surface area contributed by atoms with Gasteiger partial charge in [0.25, 0.3) is 5.92 Å². The normalized spacial score (nSPS) is 16.3. The molecule has 1 fully saturated rings. The maximum absolute atomic E-state index is 13.9. The topological polar surface area (TPSA) is 95.7 Å². The third kappa shape index (κ3) is 4.77. The third-order valence-corrected chi connectivity index (χ3v) is 6.96. The first kappa shape index (κ1) is 25.1. The van der Waals surface area contributed by atoms with Gasteiger partial charge < -0.3 is 15.3 Å². The second-order valence-electron chi connectivity index (χ2n) is 9.49. The molecule has 1 aliphatic rings. The number of alkyl halides is 2. The van der Waals surface area contributed by atoms with Gasteiger partial charge in [0, 0.05) is 43.1 Å². The van der Waals surface area contributed by atoms with Gasteiger partial charge in [-0.2, -0.15) is 0 Å². The number of hydrogen-bond donors (Lipinski definition) is 2. The number of halogens is 3. The number of benzene rings is 1. The zero-order valence-electron chi connectivity index (χ0n) is 20.7. The molecule has 3 aromatic heterocycles. The molecule has 1 aromatic carbocycles. The van der Waals surface area contributed by atoms with E-state index in [-0.39, 0.29) is 42.8 Å². The maximum Gasteiger partial charge on any atom is 0.356 e. The summed E-state index contributed by atoms with van der Waals surface area (Å²) in [5.74, 6) is -3.30. The molecule has 4 heterocycles. The van der Waals surface area contributed by atoms with E-state index in [2.05, 4.69) is 10.3 Å². The summed E-state index contributed by atoms with van der Waals surface area (Å²) in [5.41, 5.74) is 4.23. The highest BCUT2D eigenvalue weighted by molar-refractivity contribution is 6.29. The van der Waals surface area contributed by atoms with Crippen molar-refractivity contribution in [3.8, 4) is 0 Å². The molecular weight excluding hydrogens is 502 g/mol. The van der Waals surface area contributed by atoms with Crippen LogP contribution < -0.4 is 10.2 Å². The van der Waals surface area contributed by atoms with Crippen molar-refractivity contribution in [2.24, 2.45) is 0 Å². The molecule has 0 amide bonds. The first-order chi connectivity index (χ1) is 17.6. The first-order valence-corrected chi connectivity index (χ1v) is 12.6. The zero-order valence-corrected chi connectivity index (χ0v) is 21.5. The lowest BCUT2D eigenvalue weighted by molar-refractivity contribution is -0.0222. The summed E-state index contributed by atoms with van der Waals surface area (Å²) in [6.45, 7) is 6.27. The van der Waals surface area contributed by atoms with Crippen molar-refractivity contribution in [1.29, 1.82) is 0 Å². The quantitative estimate of drug-likeness (QED) is 0.300. The Labute approximate surface area is 217 Å². The van der Waals surface area contributed by atoms with Crippen LogP contribution in [0, 0.1) is 6.92 Å². The van der Waals surface area contributed by atoms with Crippen LogP contribution in [0.5, 0.6) is 0 Å². The number of imidazole rings is 1. The van der Waals surface area contributed by atoms with Crippen LogP contribution in [-0.2, 0) is 6.42 Å². The number of piperidine rings is 1. The lowest BCUT2D eigenvalue weighted by atomic mass is 10.0. The molecule has 1 atom stereocenters. The maximum atomic E-state index is 13.9. The van der Waals surface area contributed by atoms with Gasteiger partial charge in [-0.05, 0) is 44.0 Å². The number of fused-ring (bicyclic) bond motifs is 3. The van der Waals surface area contributed by atoms with Gasteiger partial charge >= 0.3 is 5.97 Å². The molecule has 1 unspecified atom stereocenters. The highest BCUT2D eigenvalue weighted by atomic mass is 35.5. The minimum atomic E-state index is -2.68. The molecule has 194 valence electrons. The molecule has 8 nitrogen and oxygen atoms in total. The van der Waals surface area contributed by atoms with Gasteiger partial charge in [-0.15, -0.1) is 0 Å². The average Bonchev–Trinajstić information content (AvgIpc) is 3.29. The van der Waals surface area contributed by atoms with Crippen molar-refractivity contribution in [3.05, 3.63) is 58.1 Å². The molecule has 4 aromatic rings. The van der Waals surface area contributed by atoms with E-state index in [0.717, 1.165) is 28.6 Å². The molecule has 11 heteroatoms. The predicted octanol–water partition coefficient (Wildman–Crippen LogP) is 5.91. The molecule has 1 aliphatic heterocycles. The van der Waals surface area contributed by atoms with Crippen LogP contribution in [-0.4, -0.2) is 49.4 Å². The van der Waals surface area contributed by atoms with Gasteiger partial charge in [0.05, 0.1) is 22.9 Å². The second-order valence-corrected chi connectivity index (χ2v) is 9.87. The minimum absolute atomic E-state index is 0.0865. The molecule has 0 spiro atoms. The van der Waals surface area contributed by atoms with Crippen molar-refractivity contribution in [3.63, 3.8) is 0 Å². The van der Waals surface area contributed by atoms with E-state index in [0.29, 0.717) is 22.8 Å². The molecule has 2 N–H and O–H groups in total.